The van der Waals surface area contributed by atoms with Gasteiger partial charge in [-0.25, -0.2) is 4.68 Å². The first-order chi connectivity index (χ1) is 12.5. The van der Waals surface area contributed by atoms with Gasteiger partial charge in [0.1, 0.15) is 11.6 Å². The lowest BCUT2D eigenvalue weighted by Crippen LogP contribution is -2.18. The summed E-state index contributed by atoms with van der Waals surface area (Å²) in [4.78, 5) is 24.4. The second kappa shape index (κ2) is 9.75. The van der Waals surface area contributed by atoms with Gasteiger partial charge in [-0.2, -0.15) is 5.10 Å². The number of ether oxygens (including phenoxy) is 1. The van der Waals surface area contributed by atoms with Crippen molar-refractivity contribution in [2.24, 2.45) is 0 Å². The topological polar surface area (TPSA) is 73.2 Å². The Labute approximate surface area is 154 Å². The van der Waals surface area contributed by atoms with Crippen LogP contribution in [0.1, 0.15) is 62.9 Å². The number of ketones is 1. The molecule has 6 heteroatoms. The second-order valence-electron chi connectivity index (χ2n) is 6.26. The summed E-state index contributed by atoms with van der Waals surface area (Å²) in [6.07, 6.45) is 3.82. The summed E-state index contributed by atoms with van der Waals surface area (Å²) in [7, 11) is 0. The van der Waals surface area contributed by atoms with E-state index in [4.69, 9.17) is 4.74 Å². The molecule has 2 aromatic rings. The highest BCUT2D eigenvalue weighted by molar-refractivity contribution is 5.99. The average molecular weight is 357 g/mol. The molecule has 0 aliphatic heterocycles. The molecule has 1 aromatic heterocycles. The van der Waals surface area contributed by atoms with Crippen LogP contribution in [0.4, 0.5) is 5.82 Å². The zero-order valence-electron chi connectivity index (χ0n) is 15.7. The summed E-state index contributed by atoms with van der Waals surface area (Å²) in [5.74, 6) is 1.16. The molecule has 1 unspecified atom stereocenters. The highest BCUT2D eigenvalue weighted by Gasteiger charge is 2.13. The minimum atomic E-state index is -0.189. The van der Waals surface area contributed by atoms with E-state index < -0.39 is 0 Å². The van der Waals surface area contributed by atoms with Gasteiger partial charge in [-0.3, -0.25) is 9.59 Å². The lowest BCUT2D eigenvalue weighted by Gasteiger charge is -2.14. The number of aromatic nitrogens is 2. The maximum Gasteiger partial charge on any atom is 0.225 e. The van der Waals surface area contributed by atoms with Crippen molar-refractivity contribution in [1.82, 2.24) is 9.78 Å². The van der Waals surface area contributed by atoms with E-state index in [2.05, 4.69) is 17.3 Å². The number of hydrogen-bond acceptors (Lipinski definition) is 4. The van der Waals surface area contributed by atoms with Gasteiger partial charge >= 0.3 is 0 Å². The van der Waals surface area contributed by atoms with Gasteiger partial charge in [0, 0.05) is 24.5 Å². The van der Waals surface area contributed by atoms with E-state index in [0.717, 1.165) is 18.6 Å². The van der Waals surface area contributed by atoms with Crippen LogP contribution in [0.5, 0.6) is 5.75 Å². The number of rotatable bonds is 10. The molecular weight excluding hydrogens is 330 g/mol. The highest BCUT2D eigenvalue weighted by Crippen LogP contribution is 2.17. The molecule has 140 valence electrons. The Hall–Kier alpha value is -2.63. The van der Waals surface area contributed by atoms with Gasteiger partial charge in [0.25, 0.3) is 0 Å². The Morgan fingerprint density at radius 1 is 1.15 bits per heavy atom. The standard InChI is InChI=1S/C20H27N3O3/c1-4-14-26-17-8-6-16(7-9-17)18(24)10-11-20(25)22-19-12-13-21-23(19)15(3)5-2/h6-9,12-13,15H,4-5,10-11,14H2,1-3H3,(H,22,25). The number of anilines is 1. The Bertz CT molecular complexity index is 722. The predicted molar refractivity (Wildman–Crippen MR) is 102 cm³/mol. The number of hydrogen-bond donors (Lipinski definition) is 1. The van der Waals surface area contributed by atoms with Crippen molar-refractivity contribution in [1.29, 1.82) is 0 Å². The zero-order valence-corrected chi connectivity index (χ0v) is 15.7. The van der Waals surface area contributed by atoms with Crippen molar-refractivity contribution in [2.45, 2.75) is 52.5 Å². The molecule has 6 nitrogen and oxygen atoms in total. The third kappa shape index (κ3) is 5.44. The molecule has 1 amide bonds. The van der Waals surface area contributed by atoms with Crippen LogP contribution in [0.2, 0.25) is 0 Å². The normalized spacial score (nSPS) is 11.8. The molecule has 0 radical (unpaired) electrons. The van der Waals surface area contributed by atoms with E-state index in [1.807, 2.05) is 13.8 Å². The Morgan fingerprint density at radius 3 is 2.54 bits per heavy atom. The monoisotopic (exact) mass is 357 g/mol. The molecule has 0 aliphatic rings. The molecule has 0 aliphatic carbocycles. The highest BCUT2D eigenvalue weighted by atomic mass is 16.5. The number of benzene rings is 1. The summed E-state index contributed by atoms with van der Waals surface area (Å²) >= 11 is 0. The molecule has 0 bridgehead atoms. The van der Waals surface area contributed by atoms with Crippen LogP contribution in [-0.4, -0.2) is 28.1 Å². The van der Waals surface area contributed by atoms with Crippen LogP contribution in [0, 0.1) is 0 Å². The summed E-state index contributed by atoms with van der Waals surface area (Å²) in [5, 5.41) is 7.07. The number of nitrogens with zero attached hydrogens (tertiary/aromatic N) is 2. The van der Waals surface area contributed by atoms with Gasteiger partial charge < -0.3 is 10.1 Å². The van der Waals surface area contributed by atoms with Crippen LogP contribution in [0.25, 0.3) is 0 Å². The summed E-state index contributed by atoms with van der Waals surface area (Å²) in [6, 6.07) is 9.02. The minimum absolute atomic E-state index is 0.0578. The van der Waals surface area contributed by atoms with Crippen molar-refractivity contribution in [3.63, 3.8) is 0 Å². The Morgan fingerprint density at radius 2 is 1.88 bits per heavy atom. The van der Waals surface area contributed by atoms with Gasteiger partial charge in [-0.1, -0.05) is 13.8 Å². The first kappa shape index (κ1) is 19.7. The zero-order chi connectivity index (χ0) is 18.9. The number of amides is 1. The van der Waals surface area contributed by atoms with Gasteiger partial charge in [0.05, 0.1) is 18.8 Å². The molecule has 0 fully saturated rings. The third-order valence-electron chi connectivity index (χ3n) is 4.17. The summed E-state index contributed by atoms with van der Waals surface area (Å²) in [6.45, 7) is 6.80. The Balaban J connectivity index is 1.85. The van der Waals surface area contributed by atoms with Gasteiger partial charge in [0.2, 0.25) is 5.91 Å². The lowest BCUT2D eigenvalue weighted by molar-refractivity contribution is -0.116. The Kier molecular flexibility index (Phi) is 7.38. The minimum Gasteiger partial charge on any atom is -0.494 e. The second-order valence-corrected chi connectivity index (χ2v) is 6.26. The van der Waals surface area contributed by atoms with E-state index in [-0.39, 0.29) is 30.6 Å². The molecule has 1 atom stereocenters. The van der Waals surface area contributed by atoms with E-state index in [1.54, 1.807) is 41.2 Å². The fourth-order valence-electron chi connectivity index (χ4n) is 2.47. The fraction of sp³-hybridized carbons (Fsp3) is 0.450. The van der Waals surface area contributed by atoms with E-state index in [9.17, 15) is 9.59 Å². The van der Waals surface area contributed by atoms with Crippen LogP contribution in [0.3, 0.4) is 0 Å². The first-order valence-corrected chi connectivity index (χ1v) is 9.14. The first-order valence-electron chi connectivity index (χ1n) is 9.14. The van der Waals surface area contributed by atoms with Crippen molar-refractivity contribution in [3.05, 3.63) is 42.1 Å². The quantitative estimate of drug-likeness (QED) is 0.645. The van der Waals surface area contributed by atoms with Crippen molar-refractivity contribution in [3.8, 4) is 5.75 Å². The fourth-order valence-corrected chi connectivity index (χ4v) is 2.47. The number of carbonyl (C=O) groups excluding carboxylic acids is 2. The smallest absolute Gasteiger partial charge is 0.225 e. The maximum absolute atomic E-state index is 12.3. The summed E-state index contributed by atoms with van der Waals surface area (Å²) in [5.41, 5.74) is 0.589. The summed E-state index contributed by atoms with van der Waals surface area (Å²) < 4.78 is 7.29. The molecular formula is C20H27N3O3. The molecule has 0 saturated carbocycles. The van der Waals surface area contributed by atoms with Crippen molar-refractivity contribution < 1.29 is 14.3 Å². The molecule has 2 rings (SSSR count). The molecule has 0 spiro atoms. The van der Waals surface area contributed by atoms with Crippen LogP contribution >= 0.6 is 0 Å². The largest absolute Gasteiger partial charge is 0.494 e. The number of Topliss-reactive ketones (excluding diaryl/α,β-unsaturated/α-hetero) is 1. The maximum atomic E-state index is 12.3. The van der Waals surface area contributed by atoms with E-state index >= 15 is 0 Å². The lowest BCUT2D eigenvalue weighted by atomic mass is 10.1. The number of carbonyl (C=O) groups is 2. The molecule has 0 saturated heterocycles. The van der Waals surface area contributed by atoms with Crippen LogP contribution < -0.4 is 10.1 Å². The van der Waals surface area contributed by atoms with Crippen molar-refractivity contribution in [2.75, 3.05) is 11.9 Å². The van der Waals surface area contributed by atoms with Crippen molar-refractivity contribution >= 4 is 17.5 Å². The number of nitrogens with one attached hydrogen (secondary N) is 1. The average Bonchev–Trinajstić information content (AvgIpc) is 3.12. The van der Waals surface area contributed by atoms with Gasteiger partial charge in [0.15, 0.2) is 5.78 Å². The van der Waals surface area contributed by atoms with Crippen LogP contribution in [-0.2, 0) is 4.79 Å². The molecule has 1 aromatic carbocycles. The van der Waals surface area contributed by atoms with Gasteiger partial charge in [-0.15, -0.1) is 0 Å². The van der Waals surface area contributed by atoms with E-state index in [0.29, 0.717) is 18.0 Å². The van der Waals surface area contributed by atoms with Gasteiger partial charge in [-0.05, 0) is 44.0 Å². The molecule has 1 heterocycles. The van der Waals surface area contributed by atoms with E-state index in [1.165, 1.54) is 0 Å². The molecule has 1 N–H and O–H groups in total. The third-order valence-corrected chi connectivity index (χ3v) is 4.17. The molecule has 26 heavy (non-hydrogen) atoms. The van der Waals surface area contributed by atoms with Crippen LogP contribution in [0.15, 0.2) is 36.5 Å². The SMILES string of the molecule is CCCOc1ccc(C(=O)CCC(=O)Nc2ccnn2C(C)CC)cc1. The predicted octanol–water partition coefficient (Wildman–Crippen LogP) is 4.24.